The van der Waals surface area contributed by atoms with E-state index in [0.29, 0.717) is 12.6 Å². The van der Waals surface area contributed by atoms with Gasteiger partial charge in [-0.25, -0.2) is 0 Å². The van der Waals surface area contributed by atoms with Crippen molar-refractivity contribution in [1.82, 2.24) is 4.90 Å². The summed E-state index contributed by atoms with van der Waals surface area (Å²) in [5, 5.41) is 0. The zero-order valence-corrected chi connectivity index (χ0v) is 21.8. The zero-order chi connectivity index (χ0) is 24.1. The maximum Gasteiger partial charge on any atom is 0.230 e. The third kappa shape index (κ3) is 5.89. The second-order valence-electron chi connectivity index (χ2n) is 9.25. The van der Waals surface area contributed by atoms with Crippen LogP contribution in [0.25, 0.3) is 0 Å². The number of piperidine rings is 1. The van der Waals surface area contributed by atoms with Crippen molar-refractivity contribution < 1.29 is 9.53 Å². The molecule has 4 rings (SSSR count). The highest BCUT2D eigenvalue weighted by molar-refractivity contribution is 9.10. The van der Waals surface area contributed by atoms with Gasteiger partial charge in [0.15, 0.2) is 0 Å². The van der Waals surface area contributed by atoms with Gasteiger partial charge in [-0.3, -0.25) is 9.69 Å². The first-order valence-corrected chi connectivity index (χ1v) is 12.7. The van der Waals surface area contributed by atoms with Crippen molar-refractivity contribution in [3.05, 3.63) is 94.0 Å². The summed E-state index contributed by atoms with van der Waals surface area (Å²) in [6.07, 6.45) is 1.74. The number of aryl methyl sites for hydroxylation is 1. The zero-order valence-electron chi connectivity index (χ0n) is 20.2. The van der Waals surface area contributed by atoms with E-state index >= 15 is 0 Å². The van der Waals surface area contributed by atoms with Gasteiger partial charge in [0.25, 0.3) is 0 Å². The Morgan fingerprint density at radius 3 is 2.44 bits per heavy atom. The molecule has 178 valence electrons. The van der Waals surface area contributed by atoms with Crippen molar-refractivity contribution in [2.24, 2.45) is 5.92 Å². The average Bonchev–Trinajstić information content (AvgIpc) is 2.85. The average molecular weight is 521 g/mol. The van der Waals surface area contributed by atoms with Gasteiger partial charge in [0.1, 0.15) is 5.75 Å². The Morgan fingerprint density at radius 2 is 1.79 bits per heavy atom. The van der Waals surface area contributed by atoms with Gasteiger partial charge < -0.3 is 9.64 Å². The highest BCUT2D eigenvalue weighted by Gasteiger charge is 2.33. The van der Waals surface area contributed by atoms with Gasteiger partial charge in [0.2, 0.25) is 5.91 Å². The monoisotopic (exact) mass is 520 g/mol. The van der Waals surface area contributed by atoms with Crippen LogP contribution in [0.3, 0.4) is 0 Å². The standard InChI is InChI=1S/C29H33BrN2O2/c1-21-9-14-28(27(30)17-21)32(20-24-10-12-26(34-3)13-11-24)29(33)25-15-16-31(22(2)18-25)19-23-7-5-4-6-8-23/h4-14,17,22,25H,15-16,18-20H2,1-3H3/t22-,25?/m0/s1. The molecule has 1 fully saturated rings. The number of halogens is 1. The Kier molecular flexibility index (Phi) is 8.07. The minimum Gasteiger partial charge on any atom is -0.497 e. The van der Waals surface area contributed by atoms with Gasteiger partial charge in [0.05, 0.1) is 19.3 Å². The summed E-state index contributed by atoms with van der Waals surface area (Å²) in [5.41, 5.74) is 4.49. The largest absolute Gasteiger partial charge is 0.497 e. The molecule has 4 nitrogen and oxygen atoms in total. The Hall–Kier alpha value is -2.63. The van der Waals surface area contributed by atoms with Crippen molar-refractivity contribution in [3.63, 3.8) is 0 Å². The molecule has 0 bridgehead atoms. The third-order valence-electron chi connectivity index (χ3n) is 6.75. The van der Waals surface area contributed by atoms with Crippen LogP contribution in [0.5, 0.6) is 5.75 Å². The molecule has 0 spiro atoms. The number of benzene rings is 3. The molecule has 1 aliphatic rings. The number of hydrogen-bond acceptors (Lipinski definition) is 3. The van der Waals surface area contributed by atoms with Crippen LogP contribution in [0.1, 0.15) is 36.5 Å². The fourth-order valence-corrected chi connectivity index (χ4v) is 5.45. The normalized spacial score (nSPS) is 18.5. The predicted octanol–water partition coefficient (Wildman–Crippen LogP) is 6.60. The van der Waals surface area contributed by atoms with Crippen molar-refractivity contribution in [1.29, 1.82) is 0 Å². The molecule has 2 atom stereocenters. The lowest BCUT2D eigenvalue weighted by atomic mass is 9.89. The van der Waals surface area contributed by atoms with Crippen molar-refractivity contribution in [2.45, 2.75) is 45.8 Å². The second-order valence-corrected chi connectivity index (χ2v) is 10.1. The number of ether oxygens (including phenoxy) is 1. The van der Waals surface area contributed by atoms with Crippen LogP contribution in [0.2, 0.25) is 0 Å². The summed E-state index contributed by atoms with van der Waals surface area (Å²) in [5.74, 6) is 1.03. The first-order chi connectivity index (χ1) is 16.4. The lowest BCUT2D eigenvalue weighted by Crippen LogP contribution is -2.46. The van der Waals surface area contributed by atoms with Gasteiger partial charge in [-0.15, -0.1) is 0 Å². The topological polar surface area (TPSA) is 32.8 Å². The molecule has 0 aliphatic carbocycles. The van der Waals surface area contributed by atoms with Crippen LogP contribution in [0.4, 0.5) is 5.69 Å². The van der Waals surface area contributed by atoms with E-state index < -0.39 is 0 Å². The Morgan fingerprint density at radius 1 is 1.06 bits per heavy atom. The number of hydrogen-bond donors (Lipinski definition) is 0. The molecule has 1 saturated heterocycles. The molecular formula is C29H33BrN2O2. The van der Waals surface area contributed by atoms with E-state index in [1.807, 2.05) is 29.2 Å². The number of rotatable bonds is 7. The Bertz CT molecular complexity index is 1100. The van der Waals surface area contributed by atoms with Crippen LogP contribution in [0.15, 0.2) is 77.3 Å². The summed E-state index contributed by atoms with van der Waals surface area (Å²) in [7, 11) is 1.67. The first-order valence-electron chi connectivity index (χ1n) is 11.9. The summed E-state index contributed by atoms with van der Waals surface area (Å²) in [6, 6.07) is 25.1. The van der Waals surface area contributed by atoms with Crippen molar-refractivity contribution in [3.8, 4) is 5.75 Å². The number of nitrogens with zero attached hydrogens (tertiary/aromatic N) is 2. The van der Waals surface area contributed by atoms with E-state index in [-0.39, 0.29) is 11.8 Å². The summed E-state index contributed by atoms with van der Waals surface area (Å²) >= 11 is 3.71. The maximum absolute atomic E-state index is 13.9. The predicted molar refractivity (Wildman–Crippen MR) is 142 cm³/mol. The van der Waals surface area contributed by atoms with E-state index in [9.17, 15) is 4.79 Å². The summed E-state index contributed by atoms with van der Waals surface area (Å²) in [6.45, 7) is 6.70. The molecule has 0 N–H and O–H groups in total. The van der Waals surface area contributed by atoms with Crippen LogP contribution < -0.4 is 9.64 Å². The number of amides is 1. The third-order valence-corrected chi connectivity index (χ3v) is 7.39. The number of carbonyl (C=O) groups is 1. The van der Waals surface area contributed by atoms with E-state index in [1.54, 1.807) is 7.11 Å². The second kappa shape index (κ2) is 11.2. The summed E-state index contributed by atoms with van der Waals surface area (Å²) in [4.78, 5) is 18.4. The number of anilines is 1. The molecular weight excluding hydrogens is 488 g/mol. The lowest BCUT2D eigenvalue weighted by molar-refractivity contribution is -0.124. The van der Waals surface area contributed by atoms with E-state index in [1.165, 1.54) is 5.56 Å². The Labute approximate surface area is 211 Å². The number of methoxy groups -OCH3 is 1. The van der Waals surface area contributed by atoms with Gasteiger partial charge in [-0.1, -0.05) is 48.5 Å². The summed E-state index contributed by atoms with van der Waals surface area (Å²) < 4.78 is 6.25. The number of carbonyl (C=O) groups excluding carboxylic acids is 1. The van der Waals surface area contributed by atoms with Crippen LogP contribution >= 0.6 is 15.9 Å². The number of likely N-dealkylation sites (tertiary alicyclic amines) is 1. The molecule has 0 saturated carbocycles. The molecule has 1 unspecified atom stereocenters. The Balaban J connectivity index is 1.52. The smallest absolute Gasteiger partial charge is 0.230 e. The molecule has 0 aromatic heterocycles. The molecule has 1 heterocycles. The quantitative estimate of drug-likeness (QED) is 0.351. The molecule has 0 radical (unpaired) electrons. The van der Waals surface area contributed by atoms with Gasteiger partial charge in [0, 0.05) is 23.0 Å². The minimum atomic E-state index is 0.00785. The van der Waals surface area contributed by atoms with E-state index in [2.05, 4.69) is 83.2 Å². The minimum absolute atomic E-state index is 0.00785. The fraction of sp³-hybridized carbons (Fsp3) is 0.345. The molecule has 3 aromatic carbocycles. The highest BCUT2D eigenvalue weighted by Crippen LogP contribution is 2.33. The molecule has 3 aromatic rings. The SMILES string of the molecule is COc1ccc(CN(C(=O)C2CCN(Cc3ccccc3)[C@@H](C)C2)c2ccc(C)cc2Br)cc1. The van der Waals surface area contributed by atoms with Crippen LogP contribution in [-0.2, 0) is 17.9 Å². The van der Waals surface area contributed by atoms with Crippen LogP contribution in [-0.4, -0.2) is 30.5 Å². The van der Waals surface area contributed by atoms with Gasteiger partial charge in [-0.2, -0.15) is 0 Å². The maximum atomic E-state index is 13.9. The van der Waals surface area contributed by atoms with Gasteiger partial charge >= 0.3 is 0 Å². The van der Waals surface area contributed by atoms with E-state index in [0.717, 1.165) is 53.0 Å². The molecule has 5 heteroatoms. The van der Waals surface area contributed by atoms with E-state index in [4.69, 9.17) is 4.74 Å². The lowest BCUT2D eigenvalue weighted by Gasteiger charge is -2.39. The van der Waals surface area contributed by atoms with Gasteiger partial charge in [-0.05, 0) is 90.1 Å². The molecule has 1 amide bonds. The first kappa shape index (κ1) is 24.5. The van der Waals surface area contributed by atoms with Crippen molar-refractivity contribution in [2.75, 3.05) is 18.6 Å². The fourth-order valence-electron chi connectivity index (χ4n) is 4.74. The molecule has 34 heavy (non-hydrogen) atoms. The molecule has 1 aliphatic heterocycles. The van der Waals surface area contributed by atoms with Crippen molar-refractivity contribution >= 4 is 27.5 Å². The van der Waals surface area contributed by atoms with Crippen LogP contribution in [0, 0.1) is 12.8 Å². The highest BCUT2D eigenvalue weighted by atomic mass is 79.9.